The van der Waals surface area contributed by atoms with Crippen LogP contribution in [0.1, 0.15) is 24.2 Å². The molecule has 2 amide bonds. The van der Waals surface area contributed by atoms with E-state index in [9.17, 15) is 14.0 Å². The van der Waals surface area contributed by atoms with Gasteiger partial charge in [-0.1, -0.05) is 0 Å². The van der Waals surface area contributed by atoms with Crippen molar-refractivity contribution in [1.29, 1.82) is 0 Å². The molecule has 0 spiro atoms. The Morgan fingerprint density at radius 1 is 1.47 bits per heavy atom. The number of nitrogens with zero attached hydrogens (tertiary/aromatic N) is 1. The number of carbonyl (C=O) groups excluding carboxylic acids is 2. The molecule has 1 unspecified atom stereocenters. The normalized spacial score (nSPS) is 11.8. The van der Waals surface area contributed by atoms with Gasteiger partial charge in [0.2, 0.25) is 5.91 Å². The molecule has 0 bridgehead atoms. The van der Waals surface area contributed by atoms with Gasteiger partial charge in [-0.05, 0) is 32.0 Å². The summed E-state index contributed by atoms with van der Waals surface area (Å²) in [7, 11) is 1.65. The summed E-state index contributed by atoms with van der Waals surface area (Å²) in [6.07, 6.45) is 0. The maximum absolute atomic E-state index is 13.2. The first-order chi connectivity index (χ1) is 8.86. The van der Waals surface area contributed by atoms with Crippen LogP contribution in [0.2, 0.25) is 0 Å². The molecule has 0 saturated carbocycles. The van der Waals surface area contributed by atoms with E-state index in [1.807, 2.05) is 6.92 Å². The zero-order valence-electron chi connectivity index (χ0n) is 11.2. The molecule has 0 saturated heterocycles. The van der Waals surface area contributed by atoms with Crippen LogP contribution in [-0.4, -0.2) is 36.3 Å². The highest BCUT2D eigenvalue weighted by Gasteiger charge is 2.19. The van der Waals surface area contributed by atoms with Crippen molar-refractivity contribution in [2.45, 2.75) is 19.9 Å². The number of carbonyl (C=O) groups is 2. The van der Waals surface area contributed by atoms with Crippen molar-refractivity contribution < 1.29 is 14.0 Å². The molecule has 0 heterocycles. The van der Waals surface area contributed by atoms with Crippen LogP contribution in [0.3, 0.4) is 0 Å². The Bertz CT molecular complexity index is 491. The fraction of sp³-hybridized carbons (Fsp3) is 0.385. The molecule has 0 aromatic heterocycles. The number of hydrogen-bond acceptors (Lipinski definition) is 3. The van der Waals surface area contributed by atoms with Gasteiger partial charge in [-0.15, -0.1) is 0 Å². The topological polar surface area (TPSA) is 75.4 Å². The molecule has 1 rings (SSSR count). The Morgan fingerprint density at radius 3 is 2.63 bits per heavy atom. The second-order valence-electron chi connectivity index (χ2n) is 4.28. The first kappa shape index (κ1) is 14.9. The van der Waals surface area contributed by atoms with Crippen molar-refractivity contribution in [2.75, 3.05) is 19.3 Å². The van der Waals surface area contributed by atoms with Gasteiger partial charge in [0.05, 0.1) is 5.69 Å². The molecule has 19 heavy (non-hydrogen) atoms. The summed E-state index contributed by atoms with van der Waals surface area (Å²) in [6, 6.07) is 3.10. The Kier molecular flexibility index (Phi) is 4.86. The van der Waals surface area contributed by atoms with Gasteiger partial charge in [0, 0.05) is 19.2 Å². The van der Waals surface area contributed by atoms with Crippen molar-refractivity contribution in [1.82, 2.24) is 10.2 Å². The predicted octanol–water partition coefficient (Wildman–Crippen LogP) is 1.00. The third-order valence-electron chi connectivity index (χ3n) is 2.83. The van der Waals surface area contributed by atoms with Gasteiger partial charge in [-0.3, -0.25) is 9.59 Å². The van der Waals surface area contributed by atoms with E-state index < -0.39 is 17.8 Å². The van der Waals surface area contributed by atoms with Crippen molar-refractivity contribution in [3.8, 4) is 0 Å². The summed E-state index contributed by atoms with van der Waals surface area (Å²) in [5, 5.41) is 2.52. The fourth-order valence-electron chi connectivity index (χ4n) is 1.50. The van der Waals surface area contributed by atoms with Crippen molar-refractivity contribution in [2.24, 2.45) is 0 Å². The molecule has 1 aromatic carbocycles. The van der Waals surface area contributed by atoms with Gasteiger partial charge in [0.15, 0.2) is 0 Å². The number of benzene rings is 1. The molecule has 5 nitrogen and oxygen atoms in total. The number of likely N-dealkylation sites (N-methyl/N-ethyl adjacent to an activating group) is 1. The number of amides is 2. The highest BCUT2D eigenvalue weighted by atomic mass is 19.1. The molecule has 1 atom stereocenters. The zero-order valence-corrected chi connectivity index (χ0v) is 11.2. The molecule has 6 heteroatoms. The molecular formula is C13H18FN3O2. The van der Waals surface area contributed by atoms with Gasteiger partial charge in [0.1, 0.15) is 11.9 Å². The number of rotatable bonds is 4. The predicted molar refractivity (Wildman–Crippen MR) is 71.1 cm³/mol. The highest BCUT2D eigenvalue weighted by molar-refractivity contribution is 5.97. The van der Waals surface area contributed by atoms with Crippen LogP contribution in [0, 0.1) is 5.82 Å². The first-order valence-electron chi connectivity index (χ1n) is 5.97. The number of halogens is 1. The minimum absolute atomic E-state index is 0.0219. The number of hydrogen-bond donors (Lipinski definition) is 2. The molecular weight excluding hydrogens is 249 g/mol. The van der Waals surface area contributed by atoms with Crippen LogP contribution in [-0.2, 0) is 4.79 Å². The smallest absolute Gasteiger partial charge is 0.252 e. The van der Waals surface area contributed by atoms with E-state index in [0.717, 1.165) is 6.07 Å². The van der Waals surface area contributed by atoms with Crippen molar-refractivity contribution in [3.05, 3.63) is 29.6 Å². The summed E-state index contributed by atoms with van der Waals surface area (Å²) in [4.78, 5) is 25.1. The molecule has 0 aliphatic carbocycles. The standard InChI is InChI=1S/C13H18FN3O2/c1-4-17(3)13(19)8(2)16-12(18)9-5-6-11(15)10(14)7-9/h5-8H,4,15H2,1-3H3,(H,16,18). The molecule has 3 N–H and O–H groups in total. The van der Waals surface area contributed by atoms with Gasteiger partial charge in [0.25, 0.3) is 5.91 Å². The average Bonchev–Trinajstić information content (AvgIpc) is 2.39. The maximum atomic E-state index is 13.2. The SMILES string of the molecule is CCN(C)C(=O)C(C)NC(=O)c1ccc(N)c(F)c1. The molecule has 0 radical (unpaired) electrons. The van der Waals surface area contributed by atoms with Gasteiger partial charge >= 0.3 is 0 Å². The summed E-state index contributed by atoms with van der Waals surface area (Å²) < 4.78 is 13.2. The third kappa shape index (κ3) is 3.67. The van der Waals surface area contributed by atoms with E-state index in [2.05, 4.69) is 5.32 Å². The quantitative estimate of drug-likeness (QED) is 0.799. The Morgan fingerprint density at radius 2 is 2.11 bits per heavy atom. The molecule has 104 valence electrons. The second-order valence-corrected chi connectivity index (χ2v) is 4.28. The van der Waals surface area contributed by atoms with Gasteiger partial charge in [-0.2, -0.15) is 0 Å². The van der Waals surface area contributed by atoms with E-state index >= 15 is 0 Å². The lowest BCUT2D eigenvalue weighted by atomic mass is 10.1. The van der Waals surface area contributed by atoms with Crippen molar-refractivity contribution in [3.63, 3.8) is 0 Å². The van der Waals surface area contributed by atoms with Crippen LogP contribution < -0.4 is 11.1 Å². The number of anilines is 1. The first-order valence-corrected chi connectivity index (χ1v) is 5.97. The highest BCUT2D eigenvalue weighted by Crippen LogP contribution is 2.12. The van der Waals surface area contributed by atoms with E-state index in [1.165, 1.54) is 17.0 Å². The second kappa shape index (κ2) is 6.17. The van der Waals surface area contributed by atoms with Crippen LogP contribution in [0.15, 0.2) is 18.2 Å². The fourth-order valence-corrected chi connectivity index (χ4v) is 1.50. The molecule has 0 aliphatic rings. The number of nitrogen functional groups attached to an aromatic ring is 1. The lowest BCUT2D eigenvalue weighted by Crippen LogP contribution is -2.45. The monoisotopic (exact) mass is 267 g/mol. The van der Waals surface area contributed by atoms with E-state index in [4.69, 9.17) is 5.73 Å². The van der Waals surface area contributed by atoms with Gasteiger partial charge < -0.3 is 16.0 Å². The summed E-state index contributed by atoms with van der Waals surface area (Å²) in [5.74, 6) is -1.37. The molecule has 1 aromatic rings. The Balaban J connectivity index is 2.74. The third-order valence-corrected chi connectivity index (χ3v) is 2.83. The Labute approximate surface area is 111 Å². The van der Waals surface area contributed by atoms with Crippen molar-refractivity contribution >= 4 is 17.5 Å². The summed E-state index contributed by atoms with van der Waals surface area (Å²) >= 11 is 0. The van der Waals surface area contributed by atoms with E-state index in [0.29, 0.717) is 6.54 Å². The maximum Gasteiger partial charge on any atom is 0.252 e. The van der Waals surface area contributed by atoms with E-state index in [1.54, 1.807) is 14.0 Å². The average molecular weight is 267 g/mol. The minimum atomic E-state index is -0.668. The lowest BCUT2D eigenvalue weighted by Gasteiger charge is -2.20. The Hall–Kier alpha value is -2.11. The van der Waals surface area contributed by atoms with Crippen LogP contribution in [0.25, 0.3) is 0 Å². The van der Waals surface area contributed by atoms with E-state index in [-0.39, 0.29) is 17.2 Å². The summed E-state index contributed by atoms with van der Waals surface area (Å²) in [5.41, 5.74) is 5.44. The minimum Gasteiger partial charge on any atom is -0.396 e. The van der Waals surface area contributed by atoms with Gasteiger partial charge in [-0.25, -0.2) is 4.39 Å². The largest absolute Gasteiger partial charge is 0.396 e. The lowest BCUT2D eigenvalue weighted by molar-refractivity contribution is -0.131. The molecule has 0 aliphatic heterocycles. The molecule has 0 fully saturated rings. The van der Waals surface area contributed by atoms with Crippen LogP contribution in [0.4, 0.5) is 10.1 Å². The number of nitrogens with one attached hydrogen (secondary N) is 1. The zero-order chi connectivity index (χ0) is 14.6. The number of nitrogens with two attached hydrogens (primary N) is 1. The summed E-state index contributed by atoms with van der Waals surface area (Å²) in [6.45, 7) is 3.97. The van der Waals surface area contributed by atoms with Crippen LogP contribution >= 0.6 is 0 Å². The van der Waals surface area contributed by atoms with Crippen LogP contribution in [0.5, 0.6) is 0 Å².